The Balaban J connectivity index is 1.92. The van der Waals surface area contributed by atoms with Crippen LogP contribution in [-0.2, 0) is 13.2 Å². The van der Waals surface area contributed by atoms with Crippen molar-refractivity contribution in [2.24, 2.45) is 0 Å². The molecule has 0 saturated carbocycles. The number of nitrogens with zero attached hydrogens (tertiary/aromatic N) is 1. The Kier molecular flexibility index (Phi) is 3.16. The summed E-state index contributed by atoms with van der Waals surface area (Å²) in [4.78, 5) is 0. The van der Waals surface area contributed by atoms with Gasteiger partial charge in [-0.3, -0.25) is 0 Å². The Hall–Kier alpha value is -2.33. The van der Waals surface area contributed by atoms with Gasteiger partial charge in [0, 0.05) is 10.9 Å². The molecular formula is C15H13NO3. The van der Waals surface area contributed by atoms with Crippen LogP contribution in [0.15, 0.2) is 53.3 Å². The van der Waals surface area contributed by atoms with Crippen molar-refractivity contribution in [3.63, 3.8) is 0 Å². The number of benzene rings is 2. The number of fused-ring (bicyclic) bond motifs is 1. The normalized spacial score (nSPS) is 10.8. The van der Waals surface area contributed by atoms with Gasteiger partial charge >= 0.3 is 0 Å². The molecule has 4 heteroatoms. The highest BCUT2D eigenvalue weighted by molar-refractivity contribution is 5.84. The standard InChI is InChI=1S/C15H13NO3/c17-8-12-6-7-13-10-19-16-14(13)15(12)18-9-11-4-2-1-3-5-11/h1-7,10,17H,8-9H2. The molecule has 4 nitrogen and oxygen atoms in total. The molecule has 0 aliphatic carbocycles. The highest BCUT2D eigenvalue weighted by Crippen LogP contribution is 2.29. The fourth-order valence-corrected chi connectivity index (χ4v) is 1.97. The van der Waals surface area contributed by atoms with Crippen LogP contribution in [0.4, 0.5) is 0 Å². The molecule has 0 spiro atoms. The van der Waals surface area contributed by atoms with E-state index in [0.29, 0.717) is 23.4 Å². The van der Waals surface area contributed by atoms with Gasteiger partial charge < -0.3 is 14.4 Å². The first-order valence-electron chi connectivity index (χ1n) is 6.02. The second-order valence-corrected chi connectivity index (χ2v) is 4.24. The van der Waals surface area contributed by atoms with Crippen molar-refractivity contribution in [1.82, 2.24) is 5.16 Å². The maximum Gasteiger partial charge on any atom is 0.156 e. The molecule has 0 aliphatic rings. The lowest BCUT2D eigenvalue weighted by molar-refractivity contribution is 0.260. The van der Waals surface area contributed by atoms with Crippen LogP contribution in [0.3, 0.4) is 0 Å². The summed E-state index contributed by atoms with van der Waals surface area (Å²) in [6.45, 7) is 0.340. The topological polar surface area (TPSA) is 55.5 Å². The lowest BCUT2D eigenvalue weighted by atomic mass is 10.1. The van der Waals surface area contributed by atoms with E-state index in [-0.39, 0.29) is 6.61 Å². The minimum absolute atomic E-state index is 0.0904. The molecular weight excluding hydrogens is 242 g/mol. The molecule has 0 bridgehead atoms. The van der Waals surface area contributed by atoms with Crippen LogP contribution in [0.1, 0.15) is 11.1 Å². The van der Waals surface area contributed by atoms with Gasteiger partial charge in [-0.2, -0.15) is 0 Å². The molecule has 1 aromatic heterocycles. The third-order valence-corrected chi connectivity index (χ3v) is 2.96. The highest BCUT2D eigenvalue weighted by Gasteiger charge is 2.12. The number of hydrogen-bond donors (Lipinski definition) is 1. The Morgan fingerprint density at radius 3 is 2.74 bits per heavy atom. The number of ether oxygens (including phenoxy) is 1. The highest BCUT2D eigenvalue weighted by atomic mass is 16.5. The first-order valence-corrected chi connectivity index (χ1v) is 6.02. The van der Waals surface area contributed by atoms with Crippen LogP contribution in [0.5, 0.6) is 5.75 Å². The molecule has 0 saturated heterocycles. The Morgan fingerprint density at radius 2 is 1.95 bits per heavy atom. The van der Waals surface area contributed by atoms with E-state index in [1.165, 1.54) is 0 Å². The molecule has 1 heterocycles. The third kappa shape index (κ3) is 2.30. The third-order valence-electron chi connectivity index (χ3n) is 2.96. The lowest BCUT2D eigenvalue weighted by Crippen LogP contribution is -1.99. The number of hydrogen-bond acceptors (Lipinski definition) is 4. The molecule has 3 aromatic rings. The van der Waals surface area contributed by atoms with Gasteiger partial charge in [-0.1, -0.05) is 41.6 Å². The van der Waals surface area contributed by atoms with Gasteiger partial charge in [0.15, 0.2) is 11.3 Å². The Labute approximate surface area is 110 Å². The van der Waals surface area contributed by atoms with E-state index in [1.54, 1.807) is 6.26 Å². The zero-order valence-corrected chi connectivity index (χ0v) is 10.2. The predicted octanol–water partition coefficient (Wildman–Crippen LogP) is 2.90. The van der Waals surface area contributed by atoms with Crippen LogP contribution in [0.2, 0.25) is 0 Å². The Morgan fingerprint density at radius 1 is 1.11 bits per heavy atom. The van der Waals surface area contributed by atoms with Gasteiger partial charge in [0.25, 0.3) is 0 Å². The first-order chi connectivity index (χ1) is 9.38. The van der Waals surface area contributed by atoms with Crippen LogP contribution in [0.25, 0.3) is 10.9 Å². The fourth-order valence-electron chi connectivity index (χ4n) is 1.97. The lowest BCUT2D eigenvalue weighted by Gasteiger charge is -2.10. The van der Waals surface area contributed by atoms with Gasteiger partial charge in [-0.25, -0.2) is 0 Å². The van der Waals surface area contributed by atoms with Gasteiger partial charge in [0.2, 0.25) is 0 Å². The molecule has 0 unspecified atom stereocenters. The molecule has 0 atom stereocenters. The maximum atomic E-state index is 9.37. The predicted molar refractivity (Wildman–Crippen MR) is 70.7 cm³/mol. The minimum Gasteiger partial charge on any atom is -0.486 e. The van der Waals surface area contributed by atoms with Crippen LogP contribution < -0.4 is 4.74 Å². The molecule has 3 rings (SSSR count). The molecule has 0 fully saturated rings. The zero-order valence-electron chi connectivity index (χ0n) is 10.2. The van der Waals surface area contributed by atoms with Crippen molar-refractivity contribution in [1.29, 1.82) is 0 Å². The number of aliphatic hydroxyl groups excluding tert-OH is 1. The molecule has 1 N–H and O–H groups in total. The number of rotatable bonds is 4. The monoisotopic (exact) mass is 255 g/mol. The van der Waals surface area contributed by atoms with E-state index >= 15 is 0 Å². The van der Waals surface area contributed by atoms with Crippen molar-refractivity contribution in [3.8, 4) is 5.75 Å². The summed E-state index contributed by atoms with van der Waals surface area (Å²) < 4.78 is 10.7. The number of aromatic nitrogens is 1. The zero-order chi connectivity index (χ0) is 13.1. The summed E-state index contributed by atoms with van der Waals surface area (Å²) in [7, 11) is 0. The molecule has 96 valence electrons. The molecule has 2 aromatic carbocycles. The van der Waals surface area contributed by atoms with Gasteiger partial charge in [-0.05, 0) is 11.6 Å². The SMILES string of the molecule is OCc1ccc2conc2c1OCc1ccccc1. The van der Waals surface area contributed by atoms with Crippen molar-refractivity contribution in [3.05, 3.63) is 59.9 Å². The van der Waals surface area contributed by atoms with Crippen LogP contribution in [0, 0.1) is 0 Å². The van der Waals surface area contributed by atoms with E-state index < -0.39 is 0 Å². The van der Waals surface area contributed by atoms with Gasteiger partial charge in [-0.15, -0.1) is 0 Å². The average molecular weight is 255 g/mol. The smallest absolute Gasteiger partial charge is 0.156 e. The summed E-state index contributed by atoms with van der Waals surface area (Å²) in [5.41, 5.74) is 2.41. The number of aliphatic hydroxyl groups is 1. The summed E-state index contributed by atoms with van der Waals surface area (Å²) >= 11 is 0. The summed E-state index contributed by atoms with van der Waals surface area (Å²) in [6.07, 6.45) is 1.56. The Bertz CT molecular complexity index is 676. The van der Waals surface area contributed by atoms with E-state index in [9.17, 15) is 5.11 Å². The van der Waals surface area contributed by atoms with Crippen molar-refractivity contribution in [2.75, 3.05) is 0 Å². The summed E-state index contributed by atoms with van der Waals surface area (Å²) in [6, 6.07) is 13.5. The summed E-state index contributed by atoms with van der Waals surface area (Å²) in [5, 5.41) is 14.2. The summed E-state index contributed by atoms with van der Waals surface area (Å²) in [5.74, 6) is 0.581. The fraction of sp³-hybridized carbons (Fsp3) is 0.133. The maximum absolute atomic E-state index is 9.37. The van der Waals surface area contributed by atoms with Gasteiger partial charge in [0.1, 0.15) is 12.9 Å². The molecule has 19 heavy (non-hydrogen) atoms. The minimum atomic E-state index is -0.0904. The quantitative estimate of drug-likeness (QED) is 0.778. The van der Waals surface area contributed by atoms with Gasteiger partial charge in [0.05, 0.1) is 6.61 Å². The molecule has 0 aliphatic heterocycles. The average Bonchev–Trinajstić information content (AvgIpc) is 2.94. The largest absolute Gasteiger partial charge is 0.486 e. The second kappa shape index (κ2) is 5.12. The molecule has 0 radical (unpaired) electrons. The van der Waals surface area contributed by atoms with Crippen molar-refractivity contribution >= 4 is 10.9 Å². The van der Waals surface area contributed by atoms with E-state index in [1.807, 2.05) is 42.5 Å². The second-order valence-electron chi connectivity index (χ2n) is 4.24. The van der Waals surface area contributed by atoms with Crippen molar-refractivity contribution in [2.45, 2.75) is 13.2 Å². The first kappa shape index (κ1) is 11.7. The van der Waals surface area contributed by atoms with E-state index in [2.05, 4.69) is 5.16 Å². The van der Waals surface area contributed by atoms with E-state index in [0.717, 1.165) is 10.9 Å². The van der Waals surface area contributed by atoms with Crippen LogP contribution >= 0.6 is 0 Å². The van der Waals surface area contributed by atoms with Crippen molar-refractivity contribution < 1.29 is 14.4 Å². The van der Waals surface area contributed by atoms with Crippen LogP contribution in [-0.4, -0.2) is 10.3 Å². The molecule has 0 amide bonds. The van der Waals surface area contributed by atoms with E-state index in [4.69, 9.17) is 9.26 Å².